The van der Waals surface area contributed by atoms with Gasteiger partial charge in [-0.05, 0) is 12.1 Å². The molecule has 0 aromatic carbocycles. The van der Waals surface area contributed by atoms with Gasteiger partial charge in [0.2, 0.25) is 5.88 Å². The van der Waals surface area contributed by atoms with Gasteiger partial charge in [0.05, 0.1) is 19.9 Å². The van der Waals surface area contributed by atoms with E-state index in [2.05, 4.69) is 19.9 Å². The van der Waals surface area contributed by atoms with Crippen molar-refractivity contribution < 1.29 is 14.3 Å². The molecule has 0 unspecified atom stereocenters. The van der Waals surface area contributed by atoms with Crippen molar-refractivity contribution in [3.63, 3.8) is 0 Å². The van der Waals surface area contributed by atoms with Gasteiger partial charge in [-0.1, -0.05) is 0 Å². The first-order valence-electron chi connectivity index (χ1n) is 4.88. The van der Waals surface area contributed by atoms with E-state index in [1.54, 1.807) is 25.4 Å². The maximum atomic E-state index is 11.2. The molecule has 2 aromatic heterocycles. The van der Waals surface area contributed by atoms with Crippen LogP contribution in [0.5, 0.6) is 5.88 Å². The van der Waals surface area contributed by atoms with E-state index in [0.717, 1.165) is 5.56 Å². The highest BCUT2D eigenvalue weighted by Gasteiger charge is 2.11. The fourth-order valence-corrected chi connectivity index (χ4v) is 1.34. The van der Waals surface area contributed by atoms with Gasteiger partial charge >= 0.3 is 5.97 Å². The Hall–Kier alpha value is -2.37. The molecule has 0 saturated heterocycles. The van der Waals surface area contributed by atoms with E-state index < -0.39 is 5.97 Å². The fraction of sp³-hybridized carbons (Fsp3) is 0.182. The summed E-state index contributed by atoms with van der Waals surface area (Å²) in [5, 5.41) is 6.60. The van der Waals surface area contributed by atoms with Crippen LogP contribution in [-0.4, -0.2) is 35.4 Å². The summed E-state index contributed by atoms with van der Waals surface area (Å²) in [6.45, 7) is 0. The minimum atomic E-state index is -0.453. The highest BCUT2D eigenvalue weighted by atomic mass is 16.5. The van der Waals surface area contributed by atoms with Crippen LogP contribution < -0.4 is 4.74 Å². The van der Waals surface area contributed by atoms with Gasteiger partial charge in [0, 0.05) is 17.8 Å². The summed E-state index contributed by atoms with van der Waals surface area (Å²) in [5.74, 6) is 0.0719. The Morgan fingerprint density at radius 3 is 2.76 bits per heavy atom. The number of H-pyrrole nitrogens is 1. The van der Waals surface area contributed by atoms with Crippen LogP contribution in [0, 0.1) is 0 Å². The number of ether oxygens (including phenoxy) is 2. The van der Waals surface area contributed by atoms with E-state index in [1.807, 2.05) is 6.07 Å². The molecular weight excluding hydrogens is 222 g/mol. The third kappa shape index (κ3) is 2.25. The number of aromatic amines is 1. The molecule has 17 heavy (non-hydrogen) atoms. The van der Waals surface area contributed by atoms with Crippen molar-refractivity contribution in [3.05, 3.63) is 30.1 Å². The molecule has 0 aliphatic heterocycles. The molecule has 88 valence electrons. The number of pyridine rings is 1. The second-order valence-corrected chi connectivity index (χ2v) is 3.25. The van der Waals surface area contributed by atoms with Crippen molar-refractivity contribution >= 4 is 5.97 Å². The van der Waals surface area contributed by atoms with Crippen LogP contribution >= 0.6 is 0 Å². The first kappa shape index (κ1) is 11.1. The average molecular weight is 233 g/mol. The van der Waals surface area contributed by atoms with Crippen LogP contribution in [0.2, 0.25) is 0 Å². The average Bonchev–Trinajstić information content (AvgIpc) is 2.87. The molecule has 0 saturated carbocycles. The van der Waals surface area contributed by atoms with Crippen molar-refractivity contribution in [2.45, 2.75) is 0 Å². The standard InChI is InChI=1S/C11H11N3O3/c1-16-10-4-3-7(6-12-10)8-5-9(14-13-8)11(15)17-2/h3-6H,1-2H3,(H,13,14). The number of carbonyl (C=O) groups is 1. The second-order valence-electron chi connectivity index (χ2n) is 3.25. The predicted molar refractivity (Wildman–Crippen MR) is 59.7 cm³/mol. The molecular formula is C11H11N3O3. The minimum absolute atomic E-state index is 0.304. The number of rotatable bonds is 3. The van der Waals surface area contributed by atoms with Gasteiger partial charge in [0.15, 0.2) is 0 Å². The molecule has 2 heterocycles. The number of methoxy groups -OCH3 is 2. The summed E-state index contributed by atoms with van der Waals surface area (Å²) < 4.78 is 9.53. The maximum absolute atomic E-state index is 11.2. The molecule has 0 spiro atoms. The highest BCUT2D eigenvalue weighted by Crippen LogP contribution is 2.18. The molecule has 1 N–H and O–H groups in total. The minimum Gasteiger partial charge on any atom is -0.481 e. The van der Waals surface area contributed by atoms with Crippen LogP contribution in [0.15, 0.2) is 24.4 Å². The van der Waals surface area contributed by atoms with E-state index in [0.29, 0.717) is 17.3 Å². The van der Waals surface area contributed by atoms with Gasteiger partial charge < -0.3 is 9.47 Å². The van der Waals surface area contributed by atoms with Gasteiger partial charge in [-0.3, -0.25) is 5.10 Å². The van der Waals surface area contributed by atoms with Crippen molar-refractivity contribution in [1.82, 2.24) is 15.2 Å². The number of nitrogens with one attached hydrogen (secondary N) is 1. The van der Waals surface area contributed by atoms with Crippen LogP contribution in [-0.2, 0) is 4.74 Å². The van der Waals surface area contributed by atoms with Crippen molar-refractivity contribution in [2.75, 3.05) is 14.2 Å². The molecule has 0 atom stereocenters. The summed E-state index contributed by atoms with van der Waals surface area (Å²) in [4.78, 5) is 15.3. The molecule has 2 aromatic rings. The Bertz CT molecular complexity index is 519. The highest BCUT2D eigenvalue weighted by molar-refractivity contribution is 5.88. The molecule has 6 nitrogen and oxygen atoms in total. The number of carbonyl (C=O) groups excluding carboxylic acids is 1. The van der Waals surface area contributed by atoms with Crippen LogP contribution in [0.1, 0.15) is 10.5 Å². The summed E-state index contributed by atoms with van der Waals surface area (Å²) in [7, 11) is 2.86. The largest absolute Gasteiger partial charge is 0.481 e. The van der Waals surface area contributed by atoms with Crippen LogP contribution in [0.25, 0.3) is 11.3 Å². The lowest BCUT2D eigenvalue weighted by Crippen LogP contribution is -2.00. The van der Waals surface area contributed by atoms with Crippen molar-refractivity contribution in [1.29, 1.82) is 0 Å². The topological polar surface area (TPSA) is 77.1 Å². The maximum Gasteiger partial charge on any atom is 0.356 e. The summed E-state index contributed by atoms with van der Waals surface area (Å²) in [6.07, 6.45) is 1.62. The fourth-order valence-electron chi connectivity index (χ4n) is 1.34. The lowest BCUT2D eigenvalue weighted by Gasteiger charge is -1.98. The molecule has 2 rings (SSSR count). The lowest BCUT2D eigenvalue weighted by molar-refractivity contribution is 0.0594. The van der Waals surface area contributed by atoms with E-state index in [4.69, 9.17) is 4.74 Å². The Morgan fingerprint density at radius 1 is 1.35 bits per heavy atom. The third-order valence-electron chi connectivity index (χ3n) is 2.22. The monoisotopic (exact) mass is 233 g/mol. The van der Waals surface area contributed by atoms with Crippen molar-refractivity contribution in [2.24, 2.45) is 0 Å². The molecule has 0 fully saturated rings. The zero-order valence-corrected chi connectivity index (χ0v) is 9.43. The summed E-state index contributed by atoms with van der Waals surface area (Å²) >= 11 is 0. The number of hydrogen-bond donors (Lipinski definition) is 1. The van der Waals surface area contributed by atoms with Crippen LogP contribution in [0.4, 0.5) is 0 Å². The Labute approximate surface area is 97.6 Å². The quantitative estimate of drug-likeness (QED) is 0.808. The first-order valence-corrected chi connectivity index (χ1v) is 4.88. The first-order chi connectivity index (χ1) is 8.24. The SMILES string of the molecule is COC(=O)c1cc(-c2ccc(OC)nc2)n[nH]1. The molecule has 0 amide bonds. The number of esters is 1. The van der Waals surface area contributed by atoms with E-state index >= 15 is 0 Å². The Kier molecular flexibility index (Phi) is 3.04. The van der Waals surface area contributed by atoms with Gasteiger partial charge in [-0.25, -0.2) is 9.78 Å². The van der Waals surface area contributed by atoms with Gasteiger partial charge in [-0.2, -0.15) is 5.10 Å². The predicted octanol–water partition coefficient (Wildman–Crippen LogP) is 1.27. The van der Waals surface area contributed by atoms with Gasteiger partial charge in [0.1, 0.15) is 5.69 Å². The second kappa shape index (κ2) is 4.65. The smallest absolute Gasteiger partial charge is 0.356 e. The van der Waals surface area contributed by atoms with E-state index in [1.165, 1.54) is 7.11 Å². The zero-order valence-electron chi connectivity index (χ0n) is 9.43. The number of hydrogen-bond acceptors (Lipinski definition) is 5. The van der Waals surface area contributed by atoms with E-state index in [9.17, 15) is 4.79 Å². The molecule has 0 aliphatic rings. The van der Waals surface area contributed by atoms with Crippen LogP contribution in [0.3, 0.4) is 0 Å². The van der Waals surface area contributed by atoms with Gasteiger partial charge in [-0.15, -0.1) is 0 Å². The Morgan fingerprint density at radius 2 is 2.18 bits per heavy atom. The Balaban J connectivity index is 2.27. The van der Waals surface area contributed by atoms with E-state index in [-0.39, 0.29) is 0 Å². The summed E-state index contributed by atoms with van der Waals surface area (Å²) in [6, 6.07) is 5.14. The molecule has 0 aliphatic carbocycles. The molecule has 6 heteroatoms. The lowest BCUT2D eigenvalue weighted by atomic mass is 10.2. The zero-order chi connectivity index (χ0) is 12.3. The number of nitrogens with zero attached hydrogens (tertiary/aromatic N) is 2. The normalized spacial score (nSPS) is 10.0. The van der Waals surface area contributed by atoms with Gasteiger partial charge in [0.25, 0.3) is 0 Å². The van der Waals surface area contributed by atoms with Crippen molar-refractivity contribution in [3.8, 4) is 17.1 Å². The summed E-state index contributed by atoms with van der Waals surface area (Å²) in [5.41, 5.74) is 1.72. The number of aromatic nitrogens is 3. The molecule has 0 radical (unpaired) electrons. The molecule has 0 bridgehead atoms. The third-order valence-corrected chi connectivity index (χ3v) is 2.22.